The van der Waals surface area contributed by atoms with Gasteiger partial charge in [-0.3, -0.25) is 0 Å². The van der Waals surface area contributed by atoms with Crippen LogP contribution >= 0.6 is 34.4 Å². The predicted molar refractivity (Wildman–Crippen MR) is 66.0 cm³/mol. The summed E-state index contributed by atoms with van der Waals surface area (Å²) in [6.45, 7) is 0. The second-order valence-corrected chi connectivity index (χ2v) is 6.63. The van der Waals surface area contributed by atoms with E-state index in [1.807, 2.05) is 22.6 Å². The van der Waals surface area contributed by atoms with Crippen LogP contribution in [0.4, 0.5) is 0 Å². The van der Waals surface area contributed by atoms with E-state index in [9.17, 15) is 0 Å². The minimum absolute atomic E-state index is 0.524. The molecule has 2 heterocycles. The standard InChI is InChI=1S/C10H3IN4OS/c11-7-1-6-8(17-7)10(4-14,5-15)16-9(6,2-12)3-13/h1,6,8H/t6-,8+/m1/s1. The highest BCUT2D eigenvalue weighted by Crippen LogP contribution is 2.56. The molecule has 2 aliphatic rings. The van der Waals surface area contributed by atoms with Crippen molar-refractivity contribution in [1.29, 1.82) is 21.0 Å². The highest BCUT2D eigenvalue weighted by atomic mass is 127. The van der Waals surface area contributed by atoms with Crippen LogP contribution in [-0.2, 0) is 4.74 Å². The third-order valence-corrected chi connectivity index (χ3v) is 5.10. The molecule has 0 aromatic heterocycles. The number of hydrogen-bond acceptors (Lipinski definition) is 6. The molecule has 2 aliphatic heterocycles. The van der Waals surface area contributed by atoms with Crippen molar-refractivity contribution in [3.63, 3.8) is 0 Å². The molecule has 7 heteroatoms. The Bertz CT molecular complexity index is 545. The average molecular weight is 354 g/mol. The molecule has 0 bridgehead atoms. The van der Waals surface area contributed by atoms with E-state index in [2.05, 4.69) is 0 Å². The number of ether oxygens (including phenoxy) is 1. The van der Waals surface area contributed by atoms with Gasteiger partial charge in [-0.25, -0.2) is 0 Å². The first-order valence-electron chi connectivity index (χ1n) is 4.46. The van der Waals surface area contributed by atoms with Gasteiger partial charge in [-0.15, -0.1) is 11.8 Å². The monoisotopic (exact) mass is 354 g/mol. The lowest BCUT2D eigenvalue weighted by molar-refractivity contribution is 0.0155. The maximum Gasteiger partial charge on any atom is 0.256 e. The Hall–Kier alpha value is -1.26. The van der Waals surface area contributed by atoms with Gasteiger partial charge in [0.1, 0.15) is 24.3 Å². The molecule has 2 atom stereocenters. The van der Waals surface area contributed by atoms with E-state index >= 15 is 0 Å². The van der Waals surface area contributed by atoms with E-state index in [0.29, 0.717) is 0 Å². The zero-order valence-corrected chi connectivity index (χ0v) is 11.2. The van der Waals surface area contributed by atoms with Crippen LogP contribution in [0.5, 0.6) is 0 Å². The Morgan fingerprint density at radius 1 is 1.12 bits per heavy atom. The number of nitriles is 4. The minimum Gasteiger partial charge on any atom is -0.311 e. The van der Waals surface area contributed by atoms with Crippen molar-refractivity contribution >= 4 is 34.4 Å². The number of thioether (sulfide) groups is 1. The van der Waals surface area contributed by atoms with Gasteiger partial charge in [0, 0.05) is 2.91 Å². The van der Waals surface area contributed by atoms with Crippen LogP contribution in [0, 0.1) is 51.2 Å². The van der Waals surface area contributed by atoms with Crippen LogP contribution in [-0.4, -0.2) is 16.5 Å². The van der Waals surface area contributed by atoms with Gasteiger partial charge in [0.25, 0.3) is 11.2 Å². The van der Waals surface area contributed by atoms with Crippen molar-refractivity contribution in [2.75, 3.05) is 0 Å². The fraction of sp³-hybridized carbons (Fsp3) is 0.400. The highest BCUT2D eigenvalue weighted by molar-refractivity contribution is 14.1. The van der Waals surface area contributed by atoms with Crippen LogP contribution in [0.3, 0.4) is 0 Å². The number of halogens is 1. The lowest BCUT2D eigenvalue weighted by Crippen LogP contribution is -2.35. The number of rotatable bonds is 0. The maximum atomic E-state index is 9.12. The van der Waals surface area contributed by atoms with Crippen molar-refractivity contribution in [2.24, 2.45) is 5.92 Å². The largest absolute Gasteiger partial charge is 0.311 e. The highest BCUT2D eigenvalue weighted by Gasteiger charge is 2.66. The summed E-state index contributed by atoms with van der Waals surface area (Å²) in [5, 5.41) is 35.9. The smallest absolute Gasteiger partial charge is 0.256 e. The Kier molecular flexibility index (Phi) is 2.79. The first kappa shape index (κ1) is 12.2. The number of fused-ring (bicyclic) bond motifs is 1. The van der Waals surface area contributed by atoms with Crippen LogP contribution in [0.1, 0.15) is 0 Å². The number of hydrogen-bond donors (Lipinski definition) is 0. The van der Waals surface area contributed by atoms with Crippen molar-refractivity contribution < 1.29 is 4.74 Å². The molecule has 0 radical (unpaired) electrons. The Morgan fingerprint density at radius 2 is 1.65 bits per heavy atom. The molecule has 5 nitrogen and oxygen atoms in total. The average Bonchev–Trinajstić information content (AvgIpc) is 2.85. The third kappa shape index (κ3) is 1.44. The van der Waals surface area contributed by atoms with E-state index in [1.165, 1.54) is 11.8 Å². The second-order valence-electron chi connectivity index (χ2n) is 3.56. The molecule has 0 aromatic rings. The van der Waals surface area contributed by atoms with E-state index < -0.39 is 22.4 Å². The van der Waals surface area contributed by atoms with Gasteiger partial charge in [-0.2, -0.15) is 21.0 Å². The molecule has 1 fully saturated rings. The summed E-state index contributed by atoms with van der Waals surface area (Å²) in [6.07, 6.45) is 1.72. The van der Waals surface area contributed by atoms with Gasteiger partial charge in [0.15, 0.2) is 0 Å². The molecular weight excluding hydrogens is 351 g/mol. The lowest BCUT2D eigenvalue weighted by Gasteiger charge is -2.17. The van der Waals surface area contributed by atoms with E-state index in [1.54, 1.807) is 30.4 Å². The molecule has 0 unspecified atom stereocenters. The molecule has 0 spiro atoms. The molecule has 1 saturated heterocycles. The Morgan fingerprint density at radius 3 is 2.12 bits per heavy atom. The van der Waals surface area contributed by atoms with Gasteiger partial charge in [-0.05, 0) is 22.6 Å². The third-order valence-electron chi connectivity index (χ3n) is 2.73. The first-order valence-corrected chi connectivity index (χ1v) is 6.42. The number of nitrogens with zero attached hydrogens (tertiary/aromatic N) is 4. The molecule has 17 heavy (non-hydrogen) atoms. The molecule has 82 valence electrons. The van der Waals surface area contributed by atoms with Crippen LogP contribution in [0.15, 0.2) is 8.99 Å². The molecule has 0 N–H and O–H groups in total. The fourth-order valence-corrected chi connectivity index (χ4v) is 4.34. The normalized spacial score (nSPS) is 31.2. The predicted octanol–water partition coefficient (Wildman–Crippen LogP) is 1.60. The maximum absolute atomic E-state index is 9.12. The summed E-state index contributed by atoms with van der Waals surface area (Å²) in [7, 11) is 0. The van der Waals surface area contributed by atoms with E-state index in [-0.39, 0.29) is 0 Å². The summed E-state index contributed by atoms with van der Waals surface area (Å²) >= 11 is 3.35. The molecule has 0 aliphatic carbocycles. The lowest BCUT2D eigenvalue weighted by atomic mass is 9.86. The second kappa shape index (κ2) is 3.89. The first-order chi connectivity index (χ1) is 8.07. The molecule has 0 saturated carbocycles. The van der Waals surface area contributed by atoms with Crippen LogP contribution < -0.4 is 0 Å². The summed E-state index contributed by atoms with van der Waals surface area (Å²) in [4.78, 5) is 0. The van der Waals surface area contributed by atoms with Crippen molar-refractivity contribution in [3.8, 4) is 24.3 Å². The molecule has 0 aromatic carbocycles. The Labute approximate surface area is 115 Å². The molecule has 0 amide bonds. The van der Waals surface area contributed by atoms with Gasteiger partial charge in [0.05, 0.1) is 11.2 Å². The van der Waals surface area contributed by atoms with Gasteiger partial charge < -0.3 is 4.74 Å². The summed E-state index contributed by atoms with van der Waals surface area (Å²) in [5.74, 6) is -0.548. The summed E-state index contributed by atoms with van der Waals surface area (Å²) in [5.41, 5.74) is -3.47. The zero-order chi connectivity index (χ0) is 12.7. The van der Waals surface area contributed by atoms with E-state index in [4.69, 9.17) is 25.8 Å². The van der Waals surface area contributed by atoms with Gasteiger partial charge in [0.2, 0.25) is 0 Å². The SMILES string of the molecule is N#CC1(C#N)OC(C#N)(C#N)[C@H]2SC(I)=C[C@H]21. The van der Waals surface area contributed by atoms with Crippen molar-refractivity contribution in [1.82, 2.24) is 0 Å². The topological polar surface area (TPSA) is 104 Å². The van der Waals surface area contributed by atoms with Crippen LogP contribution in [0.2, 0.25) is 0 Å². The van der Waals surface area contributed by atoms with E-state index in [0.717, 1.165) is 2.91 Å². The van der Waals surface area contributed by atoms with Crippen molar-refractivity contribution in [2.45, 2.75) is 16.5 Å². The zero-order valence-electron chi connectivity index (χ0n) is 8.22. The molecule has 2 rings (SSSR count). The van der Waals surface area contributed by atoms with Crippen molar-refractivity contribution in [3.05, 3.63) is 8.99 Å². The Balaban J connectivity index is 2.60. The van der Waals surface area contributed by atoms with Crippen LogP contribution in [0.25, 0.3) is 0 Å². The van der Waals surface area contributed by atoms with Gasteiger partial charge >= 0.3 is 0 Å². The summed E-state index contributed by atoms with van der Waals surface area (Å²) in [6, 6.07) is 7.19. The molecular formula is C10H3IN4OS. The minimum atomic E-state index is -1.74. The summed E-state index contributed by atoms with van der Waals surface area (Å²) < 4.78 is 6.10. The fourth-order valence-electron chi connectivity index (χ4n) is 1.93. The van der Waals surface area contributed by atoms with Gasteiger partial charge in [-0.1, -0.05) is 6.08 Å². The quantitative estimate of drug-likeness (QED) is 0.612.